The summed E-state index contributed by atoms with van der Waals surface area (Å²) in [5.41, 5.74) is 6.23. The number of hydrogen-bond acceptors (Lipinski definition) is 4. The first-order chi connectivity index (χ1) is 9.56. The topological polar surface area (TPSA) is 64.8 Å². The van der Waals surface area contributed by atoms with Crippen LogP contribution in [0, 0.1) is 0 Å². The maximum Gasteiger partial charge on any atom is 0.260 e. The second kappa shape index (κ2) is 8.50. The fourth-order valence-corrected chi connectivity index (χ4v) is 1.68. The highest BCUT2D eigenvalue weighted by molar-refractivity contribution is 7.80. The van der Waals surface area contributed by atoms with Crippen molar-refractivity contribution in [2.24, 2.45) is 5.73 Å². The van der Waals surface area contributed by atoms with Crippen molar-refractivity contribution in [1.82, 2.24) is 4.90 Å². The molecule has 20 heavy (non-hydrogen) atoms. The van der Waals surface area contributed by atoms with E-state index in [2.05, 4.69) is 0 Å². The molecule has 0 aromatic heterocycles. The highest BCUT2D eigenvalue weighted by Gasteiger charge is 2.11. The molecule has 2 N–H and O–H groups in total. The Hall–Kier alpha value is -1.66. The number of ether oxygens (including phenoxy) is 2. The van der Waals surface area contributed by atoms with Gasteiger partial charge in [-0.2, -0.15) is 0 Å². The van der Waals surface area contributed by atoms with E-state index in [1.165, 1.54) is 0 Å². The van der Waals surface area contributed by atoms with Crippen molar-refractivity contribution in [3.8, 4) is 5.75 Å². The highest BCUT2D eigenvalue weighted by Crippen LogP contribution is 2.17. The van der Waals surface area contributed by atoms with Gasteiger partial charge in [-0.3, -0.25) is 4.79 Å². The van der Waals surface area contributed by atoms with E-state index in [1.54, 1.807) is 30.1 Å². The average Bonchev–Trinajstić information content (AvgIpc) is 2.45. The van der Waals surface area contributed by atoms with Gasteiger partial charge in [0.1, 0.15) is 10.7 Å². The van der Waals surface area contributed by atoms with E-state index in [-0.39, 0.29) is 17.5 Å². The smallest absolute Gasteiger partial charge is 0.260 e. The Bertz CT molecular complexity index is 465. The van der Waals surface area contributed by atoms with Gasteiger partial charge in [0.2, 0.25) is 0 Å². The first-order valence-electron chi connectivity index (χ1n) is 6.39. The largest absolute Gasteiger partial charge is 0.483 e. The van der Waals surface area contributed by atoms with Crippen LogP contribution >= 0.6 is 12.2 Å². The molecule has 0 bridgehead atoms. The van der Waals surface area contributed by atoms with Crippen LogP contribution in [-0.2, 0) is 9.53 Å². The molecule has 0 aliphatic carbocycles. The van der Waals surface area contributed by atoms with E-state index in [4.69, 9.17) is 27.4 Å². The van der Waals surface area contributed by atoms with Gasteiger partial charge in [-0.25, -0.2) is 0 Å². The van der Waals surface area contributed by atoms with E-state index in [9.17, 15) is 4.79 Å². The number of likely N-dealkylation sites (N-methyl/N-ethyl adjacent to an activating group) is 1. The van der Waals surface area contributed by atoms with Crippen LogP contribution in [0.5, 0.6) is 5.75 Å². The average molecular weight is 296 g/mol. The lowest BCUT2D eigenvalue weighted by Gasteiger charge is -2.18. The molecule has 0 atom stereocenters. The first-order valence-corrected chi connectivity index (χ1v) is 6.80. The Morgan fingerprint density at radius 3 is 2.75 bits per heavy atom. The second-order valence-corrected chi connectivity index (χ2v) is 4.60. The lowest BCUT2D eigenvalue weighted by molar-refractivity contribution is -0.132. The molecule has 0 heterocycles. The van der Waals surface area contributed by atoms with Crippen LogP contribution in [0.1, 0.15) is 12.5 Å². The Labute approximate surface area is 124 Å². The van der Waals surface area contributed by atoms with Crippen molar-refractivity contribution in [3.05, 3.63) is 29.8 Å². The first kappa shape index (κ1) is 16.4. The number of rotatable bonds is 8. The lowest BCUT2D eigenvalue weighted by Crippen LogP contribution is -2.34. The number of para-hydroxylation sites is 1. The summed E-state index contributed by atoms with van der Waals surface area (Å²) in [7, 11) is 1.71. The molecule has 1 aromatic rings. The molecule has 110 valence electrons. The van der Waals surface area contributed by atoms with Gasteiger partial charge in [0, 0.05) is 20.2 Å². The summed E-state index contributed by atoms with van der Waals surface area (Å²) >= 11 is 4.94. The van der Waals surface area contributed by atoms with E-state index < -0.39 is 0 Å². The number of hydrogen-bond donors (Lipinski definition) is 1. The number of carbonyl (C=O) groups excluding carboxylic acids is 1. The molecule has 0 saturated carbocycles. The number of benzene rings is 1. The fourth-order valence-electron chi connectivity index (χ4n) is 1.52. The van der Waals surface area contributed by atoms with Crippen molar-refractivity contribution in [2.75, 3.05) is 33.4 Å². The number of thiocarbonyl (C=S) groups is 1. The summed E-state index contributed by atoms with van der Waals surface area (Å²) in [5.74, 6) is 0.397. The van der Waals surface area contributed by atoms with Crippen LogP contribution in [0.15, 0.2) is 24.3 Å². The normalized spacial score (nSPS) is 10.1. The molecule has 0 unspecified atom stereocenters. The number of nitrogens with zero attached hydrogens (tertiary/aromatic N) is 1. The summed E-state index contributed by atoms with van der Waals surface area (Å²) in [5, 5.41) is 0. The Morgan fingerprint density at radius 2 is 2.10 bits per heavy atom. The summed E-state index contributed by atoms with van der Waals surface area (Å²) in [4.78, 5) is 13.7. The molecule has 5 nitrogen and oxygen atoms in total. The molecule has 0 aliphatic heterocycles. The zero-order valence-electron chi connectivity index (χ0n) is 11.8. The van der Waals surface area contributed by atoms with Crippen molar-refractivity contribution >= 4 is 23.1 Å². The Balaban J connectivity index is 2.50. The minimum absolute atomic E-state index is 0.0533. The van der Waals surface area contributed by atoms with Crippen LogP contribution in [0.2, 0.25) is 0 Å². The third kappa shape index (κ3) is 5.14. The second-order valence-electron chi connectivity index (χ2n) is 4.16. The third-order valence-corrected chi connectivity index (χ3v) is 2.92. The zero-order chi connectivity index (χ0) is 15.0. The summed E-state index contributed by atoms with van der Waals surface area (Å²) in [6, 6.07) is 7.13. The van der Waals surface area contributed by atoms with Gasteiger partial charge in [-0.05, 0) is 19.1 Å². The Kier molecular flexibility index (Phi) is 6.97. The maximum absolute atomic E-state index is 11.9. The van der Waals surface area contributed by atoms with E-state index in [0.29, 0.717) is 31.1 Å². The van der Waals surface area contributed by atoms with Crippen molar-refractivity contribution in [1.29, 1.82) is 0 Å². The van der Waals surface area contributed by atoms with Gasteiger partial charge < -0.3 is 20.1 Å². The Morgan fingerprint density at radius 1 is 1.40 bits per heavy atom. The van der Waals surface area contributed by atoms with Gasteiger partial charge in [0.15, 0.2) is 6.61 Å². The van der Waals surface area contributed by atoms with Crippen LogP contribution in [0.25, 0.3) is 0 Å². The van der Waals surface area contributed by atoms with Gasteiger partial charge in [0.25, 0.3) is 5.91 Å². The van der Waals surface area contributed by atoms with E-state index in [1.807, 2.05) is 13.0 Å². The molecule has 0 fully saturated rings. The fraction of sp³-hybridized carbons (Fsp3) is 0.429. The molecule has 0 aliphatic rings. The zero-order valence-corrected chi connectivity index (χ0v) is 12.6. The molecular formula is C14H20N2O3S. The van der Waals surface area contributed by atoms with Crippen molar-refractivity contribution in [2.45, 2.75) is 6.92 Å². The predicted octanol–water partition coefficient (Wildman–Crippen LogP) is 1.19. The lowest BCUT2D eigenvalue weighted by atomic mass is 10.2. The molecule has 1 rings (SSSR count). The monoisotopic (exact) mass is 296 g/mol. The molecule has 0 radical (unpaired) electrons. The van der Waals surface area contributed by atoms with Crippen LogP contribution in [0.4, 0.5) is 0 Å². The summed E-state index contributed by atoms with van der Waals surface area (Å²) in [6.07, 6.45) is 0. The molecule has 6 heteroatoms. The van der Waals surface area contributed by atoms with Gasteiger partial charge >= 0.3 is 0 Å². The van der Waals surface area contributed by atoms with Crippen LogP contribution in [-0.4, -0.2) is 49.2 Å². The summed E-state index contributed by atoms with van der Waals surface area (Å²) in [6.45, 7) is 3.55. The van der Waals surface area contributed by atoms with E-state index in [0.717, 1.165) is 0 Å². The standard InChI is InChI=1S/C14H20N2O3S/c1-3-18-9-8-16(2)13(17)10-19-12-7-5-4-6-11(12)14(15)20/h4-7H,3,8-10H2,1-2H3,(H2,15,20). The van der Waals surface area contributed by atoms with Crippen molar-refractivity contribution < 1.29 is 14.3 Å². The molecule has 1 amide bonds. The third-order valence-electron chi connectivity index (χ3n) is 2.70. The minimum Gasteiger partial charge on any atom is -0.483 e. The van der Waals surface area contributed by atoms with Crippen LogP contribution < -0.4 is 10.5 Å². The van der Waals surface area contributed by atoms with Gasteiger partial charge in [-0.15, -0.1) is 0 Å². The SMILES string of the molecule is CCOCCN(C)C(=O)COc1ccccc1C(N)=S. The number of amides is 1. The predicted molar refractivity (Wildman–Crippen MR) is 82.0 cm³/mol. The molecule has 0 saturated heterocycles. The number of carbonyl (C=O) groups is 1. The quantitative estimate of drug-likeness (QED) is 0.577. The van der Waals surface area contributed by atoms with Gasteiger partial charge in [-0.1, -0.05) is 24.4 Å². The molecule has 0 spiro atoms. The van der Waals surface area contributed by atoms with Crippen LogP contribution in [0.3, 0.4) is 0 Å². The maximum atomic E-state index is 11.9. The minimum atomic E-state index is -0.123. The van der Waals surface area contributed by atoms with Gasteiger partial charge in [0.05, 0.1) is 12.2 Å². The number of nitrogens with two attached hydrogens (primary N) is 1. The molecule has 1 aromatic carbocycles. The summed E-state index contributed by atoms with van der Waals surface area (Å²) < 4.78 is 10.7. The molecular weight excluding hydrogens is 276 g/mol. The highest BCUT2D eigenvalue weighted by atomic mass is 32.1. The van der Waals surface area contributed by atoms with E-state index >= 15 is 0 Å². The van der Waals surface area contributed by atoms with Crippen molar-refractivity contribution in [3.63, 3.8) is 0 Å².